The lowest BCUT2D eigenvalue weighted by molar-refractivity contribution is -0.385. The minimum Gasteiger partial charge on any atom is -0.258 e. The second kappa shape index (κ2) is 4.10. The molecule has 0 aliphatic carbocycles. The lowest BCUT2D eigenvalue weighted by atomic mass is 9.87. The molecule has 17 heavy (non-hydrogen) atoms. The van der Waals surface area contributed by atoms with E-state index in [1.54, 1.807) is 0 Å². The van der Waals surface area contributed by atoms with Crippen LogP contribution in [0.2, 0.25) is 0 Å². The van der Waals surface area contributed by atoms with E-state index in [2.05, 4.69) is 0 Å². The SMILES string of the molecule is CC(C)(C)c1cc([N+](=O)[O-])cc(S(C)(=O)=O)c1. The number of hydrogen-bond acceptors (Lipinski definition) is 4. The Kier molecular flexibility index (Phi) is 3.29. The van der Waals surface area contributed by atoms with Gasteiger partial charge in [-0.2, -0.15) is 0 Å². The number of sulfone groups is 1. The van der Waals surface area contributed by atoms with Gasteiger partial charge in [-0.3, -0.25) is 10.1 Å². The summed E-state index contributed by atoms with van der Waals surface area (Å²) in [5, 5.41) is 10.8. The maximum atomic E-state index is 11.5. The quantitative estimate of drug-likeness (QED) is 0.601. The number of rotatable bonds is 2. The van der Waals surface area contributed by atoms with Gasteiger partial charge in [0.15, 0.2) is 9.84 Å². The largest absolute Gasteiger partial charge is 0.271 e. The molecular weight excluding hydrogens is 242 g/mol. The Balaban J connectivity index is 3.56. The summed E-state index contributed by atoms with van der Waals surface area (Å²) in [7, 11) is -3.45. The topological polar surface area (TPSA) is 77.3 Å². The minimum absolute atomic E-state index is 0.0170. The maximum absolute atomic E-state index is 11.5. The molecule has 0 spiro atoms. The van der Waals surface area contributed by atoms with Crippen molar-refractivity contribution in [1.82, 2.24) is 0 Å². The summed E-state index contributed by atoms with van der Waals surface area (Å²) in [6, 6.07) is 3.99. The molecule has 1 aromatic rings. The van der Waals surface area contributed by atoms with Crippen LogP contribution in [0.1, 0.15) is 26.3 Å². The van der Waals surface area contributed by atoms with E-state index >= 15 is 0 Å². The Morgan fingerprint density at radius 2 is 1.71 bits per heavy atom. The van der Waals surface area contributed by atoms with Crippen molar-refractivity contribution in [2.24, 2.45) is 0 Å². The summed E-state index contributed by atoms with van der Waals surface area (Å²) >= 11 is 0. The molecule has 1 aromatic carbocycles. The number of nitrogens with zero attached hydrogens (tertiary/aromatic N) is 1. The first-order chi connectivity index (χ1) is 7.51. The molecule has 0 amide bonds. The van der Waals surface area contributed by atoms with Gasteiger partial charge >= 0.3 is 0 Å². The van der Waals surface area contributed by atoms with Gasteiger partial charge in [0.05, 0.1) is 9.82 Å². The summed E-state index contributed by atoms with van der Waals surface area (Å²) in [5.41, 5.74) is 0.0934. The zero-order valence-electron chi connectivity index (χ0n) is 10.2. The van der Waals surface area contributed by atoms with Crippen molar-refractivity contribution in [3.8, 4) is 0 Å². The Labute approximate surface area is 101 Å². The molecule has 0 atom stereocenters. The predicted molar refractivity (Wildman–Crippen MR) is 64.9 cm³/mol. The average Bonchev–Trinajstić information content (AvgIpc) is 2.14. The summed E-state index contributed by atoms with van der Waals surface area (Å²) in [4.78, 5) is 10.2. The Hall–Kier alpha value is -1.43. The van der Waals surface area contributed by atoms with E-state index in [0.717, 1.165) is 12.3 Å². The van der Waals surface area contributed by atoms with E-state index in [4.69, 9.17) is 0 Å². The van der Waals surface area contributed by atoms with E-state index in [1.165, 1.54) is 12.1 Å². The highest BCUT2D eigenvalue weighted by Gasteiger charge is 2.21. The first-order valence-electron chi connectivity index (χ1n) is 5.02. The number of nitro benzene ring substituents is 1. The third-order valence-corrected chi connectivity index (χ3v) is 3.49. The molecule has 1 rings (SSSR count). The normalized spacial score (nSPS) is 12.5. The van der Waals surface area contributed by atoms with E-state index in [9.17, 15) is 18.5 Å². The molecule has 0 aliphatic heterocycles. The third-order valence-electron chi connectivity index (χ3n) is 2.40. The molecular formula is C11H15NO4S. The van der Waals surface area contributed by atoms with Crippen molar-refractivity contribution in [1.29, 1.82) is 0 Å². The van der Waals surface area contributed by atoms with E-state index in [-0.39, 0.29) is 16.0 Å². The molecule has 5 nitrogen and oxygen atoms in total. The van der Waals surface area contributed by atoms with Crippen molar-refractivity contribution in [3.05, 3.63) is 33.9 Å². The Bertz CT molecular complexity index is 555. The first-order valence-corrected chi connectivity index (χ1v) is 6.91. The van der Waals surface area contributed by atoms with Crippen molar-refractivity contribution >= 4 is 15.5 Å². The summed E-state index contributed by atoms with van der Waals surface area (Å²) < 4.78 is 22.9. The summed E-state index contributed by atoms with van der Waals surface area (Å²) in [6.07, 6.45) is 1.04. The van der Waals surface area contributed by atoms with Crippen LogP contribution in [0.15, 0.2) is 23.1 Å². The molecule has 94 valence electrons. The van der Waals surface area contributed by atoms with Gasteiger partial charge in [0, 0.05) is 18.4 Å². The Morgan fingerprint density at radius 3 is 2.06 bits per heavy atom. The predicted octanol–water partition coefficient (Wildman–Crippen LogP) is 2.30. The first kappa shape index (κ1) is 13.6. The zero-order valence-corrected chi connectivity index (χ0v) is 11.0. The van der Waals surface area contributed by atoms with Gasteiger partial charge in [0.25, 0.3) is 5.69 Å². The van der Waals surface area contributed by atoms with Crippen LogP contribution < -0.4 is 0 Å². The van der Waals surface area contributed by atoms with E-state index in [1.807, 2.05) is 20.8 Å². The standard InChI is InChI=1S/C11H15NO4S/c1-11(2,3)8-5-9(12(13)14)7-10(6-8)17(4,15)16/h5-7H,1-4H3. The van der Waals surface area contributed by atoms with Crippen molar-refractivity contribution in [3.63, 3.8) is 0 Å². The Morgan fingerprint density at radius 1 is 1.18 bits per heavy atom. The van der Waals surface area contributed by atoms with Gasteiger partial charge in [0.2, 0.25) is 0 Å². The highest BCUT2D eigenvalue weighted by molar-refractivity contribution is 7.90. The summed E-state index contributed by atoms with van der Waals surface area (Å²) in [5.74, 6) is 0. The van der Waals surface area contributed by atoms with Crippen LogP contribution in [0, 0.1) is 10.1 Å². The van der Waals surface area contributed by atoms with Gasteiger partial charge in [-0.1, -0.05) is 20.8 Å². The monoisotopic (exact) mass is 257 g/mol. The van der Waals surface area contributed by atoms with Crippen molar-refractivity contribution in [2.45, 2.75) is 31.1 Å². The number of benzene rings is 1. The van der Waals surface area contributed by atoms with Gasteiger partial charge < -0.3 is 0 Å². The number of nitro groups is 1. The van der Waals surface area contributed by atoms with Crippen LogP contribution in [0.3, 0.4) is 0 Å². The fourth-order valence-corrected chi connectivity index (χ4v) is 2.01. The van der Waals surface area contributed by atoms with Gasteiger partial charge in [-0.15, -0.1) is 0 Å². The van der Waals surface area contributed by atoms with Crippen LogP contribution >= 0.6 is 0 Å². The van der Waals surface area contributed by atoms with E-state index in [0.29, 0.717) is 5.56 Å². The van der Waals surface area contributed by atoms with E-state index < -0.39 is 14.8 Å². The van der Waals surface area contributed by atoms with Crippen LogP contribution in [-0.2, 0) is 15.3 Å². The fraction of sp³-hybridized carbons (Fsp3) is 0.455. The molecule has 0 fully saturated rings. The highest BCUT2D eigenvalue weighted by Crippen LogP contribution is 2.29. The highest BCUT2D eigenvalue weighted by atomic mass is 32.2. The molecule has 0 radical (unpaired) electrons. The van der Waals surface area contributed by atoms with Crippen LogP contribution in [0.5, 0.6) is 0 Å². The molecule has 0 aromatic heterocycles. The fourth-order valence-electron chi connectivity index (χ4n) is 1.34. The average molecular weight is 257 g/mol. The van der Waals surface area contributed by atoms with Crippen LogP contribution in [0.25, 0.3) is 0 Å². The summed E-state index contributed by atoms with van der Waals surface area (Å²) in [6.45, 7) is 5.62. The number of non-ortho nitro benzene ring substituents is 1. The molecule has 0 saturated heterocycles. The van der Waals surface area contributed by atoms with Crippen molar-refractivity contribution < 1.29 is 13.3 Å². The third kappa shape index (κ3) is 3.26. The molecule has 0 aliphatic rings. The minimum atomic E-state index is -3.45. The second-order valence-electron chi connectivity index (χ2n) is 4.99. The molecule has 0 unspecified atom stereocenters. The van der Waals surface area contributed by atoms with Gasteiger partial charge in [0.1, 0.15) is 0 Å². The van der Waals surface area contributed by atoms with Gasteiger partial charge in [-0.05, 0) is 17.0 Å². The molecule has 0 heterocycles. The van der Waals surface area contributed by atoms with Crippen LogP contribution in [-0.4, -0.2) is 19.6 Å². The zero-order chi connectivity index (χ0) is 13.4. The smallest absolute Gasteiger partial charge is 0.258 e. The number of hydrogen-bond donors (Lipinski definition) is 0. The second-order valence-corrected chi connectivity index (χ2v) is 7.01. The molecule has 0 N–H and O–H groups in total. The molecule has 0 bridgehead atoms. The lowest BCUT2D eigenvalue weighted by Crippen LogP contribution is -2.13. The lowest BCUT2D eigenvalue weighted by Gasteiger charge is -2.19. The van der Waals surface area contributed by atoms with Crippen molar-refractivity contribution in [2.75, 3.05) is 6.26 Å². The molecule has 6 heteroatoms. The maximum Gasteiger partial charge on any atom is 0.271 e. The molecule has 0 saturated carbocycles. The van der Waals surface area contributed by atoms with Gasteiger partial charge in [-0.25, -0.2) is 8.42 Å². The van der Waals surface area contributed by atoms with Crippen LogP contribution in [0.4, 0.5) is 5.69 Å².